The van der Waals surface area contributed by atoms with Gasteiger partial charge in [-0.25, -0.2) is 0 Å². The van der Waals surface area contributed by atoms with E-state index in [2.05, 4.69) is 11.5 Å². The van der Waals surface area contributed by atoms with Crippen LogP contribution in [0.25, 0.3) is 0 Å². The first-order chi connectivity index (χ1) is 4.02. The Hall–Kier alpha value is -0.370. The summed E-state index contributed by atoms with van der Waals surface area (Å²) in [5.41, 5.74) is -0.198. The fourth-order valence-electron chi connectivity index (χ4n) is 0.524. The van der Waals surface area contributed by atoms with Crippen molar-refractivity contribution in [3.05, 3.63) is 12.7 Å². The van der Waals surface area contributed by atoms with Crippen LogP contribution in [0.2, 0.25) is 0 Å². The zero-order chi connectivity index (χ0) is 7.49. The molecule has 0 saturated carbocycles. The van der Waals surface area contributed by atoms with Crippen LogP contribution in [0, 0.1) is 5.41 Å². The van der Waals surface area contributed by atoms with Gasteiger partial charge >= 0.3 is 0 Å². The standard InChI is InChI=1S/C7H13FO/c1-5-6(9-8)7(2,3)4/h5-6H,1H2,2-4H3. The van der Waals surface area contributed by atoms with Crippen molar-refractivity contribution in [1.82, 2.24) is 0 Å². The lowest BCUT2D eigenvalue weighted by molar-refractivity contribution is -0.190. The number of hydrogen-bond donors (Lipinski definition) is 0. The highest BCUT2D eigenvalue weighted by Crippen LogP contribution is 2.22. The molecule has 0 aliphatic rings. The molecule has 1 nitrogen and oxygen atoms in total. The maximum absolute atomic E-state index is 11.6. The highest BCUT2D eigenvalue weighted by Gasteiger charge is 2.22. The highest BCUT2D eigenvalue weighted by atomic mass is 19.3. The van der Waals surface area contributed by atoms with Gasteiger partial charge in [0.15, 0.2) is 0 Å². The molecule has 0 aromatic rings. The highest BCUT2D eigenvalue weighted by molar-refractivity contribution is 4.88. The van der Waals surface area contributed by atoms with Crippen molar-refractivity contribution in [1.29, 1.82) is 0 Å². The zero-order valence-electron chi connectivity index (χ0n) is 6.15. The molecule has 0 N–H and O–H groups in total. The molecule has 0 rings (SSSR count). The lowest BCUT2D eigenvalue weighted by Crippen LogP contribution is -2.24. The Kier molecular flexibility index (Phi) is 2.85. The van der Waals surface area contributed by atoms with Gasteiger partial charge in [0.1, 0.15) is 6.10 Å². The second-order valence-electron chi connectivity index (χ2n) is 3.11. The van der Waals surface area contributed by atoms with Gasteiger partial charge in [0.25, 0.3) is 0 Å². The Labute approximate surface area is 55.4 Å². The van der Waals surface area contributed by atoms with Gasteiger partial charge in [-0.1, -0.05) is 26.8 Å². The molecule has 1 unspecified atom stereocenters. The molecule has 0 aromatic carbocycles. The Morgan fingerprint density at radius 3 is 2.00 bits per heavy atom. The van der Waals surface area contributed by atoms with Crippen molar-refractivity contribution in [2.75, 3.05) is 0 Å². The van der Waals surface area contributed by atoms with Crippen LogP contribution in [-0.2, 0) is 4.94 Å². The van der Waals surface area contributed by atoms with Crippen LogP contribution in [0.3, 0.4) is 0 Å². The summed E-state index contributed by atoms with van der Waals surface area (Å²) in [6.07, 6.45) is 0.956. The average molecular weight is 132 g/mol. The van der Waals surface area contributed by atoms with E-state index in [9.17, 15) is 4.53 Å². The van der Waals surface area contributed by atoms with E-state index in [0.29, 0.717) is 0 Å². The number of halogens is 1. The van der Waals surface area contributed by atoms with E-state index in [0.717, 1.165) is 0 Å². The molecule has 0 bridgehead atoms. The summed E-state index contributed by atoms with van der Waals surface area (Å²) in [6.45, 7) is 9.10. The first-order valence-corrected chi connectivity index (χ1v) is 2.92. The van der Waals surface area contributed by atoms with E-state index in [4.69, 9.17) is 0 Å². The molecule has 0 amide bonds. The SMILES string of the molecule is C=CC(OF)C(C)(C)C. The van der Waals surface area contributed by atoms with Crippen LogP contribution in [0.1, 0.15) is 20.8 Å². The van der Waals surface area contributed by atoms with Gasteiger partial charge < -0.3 is 0 Å². The second-order valence-corrected chi connectivity index (χ2v) is 3.11. The van der Waals surface area contributed by atoms with E-state index in [-0.39, 0.29) is 5.41 Å². The largest absolute Gasteiger partial charge is 0.186 e. The predicted octanol–water partition coefficient (Wildman–Crippen LogP) is 2.49. The van der Waals surface area contributed by atoms with Gasteiger partial charge in [-0.05, 0) is 9.94 Å². The number of rotatable bonds is 2. The molecule has 2 heteroatoms. The third kappa shape index (κ3) is 2.61. The van der Waals surface area contributed by atoms with Crippen LogP contribution >= 0.6 is 0 Å². The molecule has 0 aliphatic carbocycles. The van der Waals surface area contributed by atoms with E-state index in [1.807, 2.05) is 20.8 Å². The van der Waals surface area contributed by atoms with Gasteiger partial charge in [0.05, 0.1) is 0 Å². The first-order valence-electron chi connectivity index (χ1n) is 2.92. The maximum atomic E-state index is 11.6. The molecular weight excluding hydrogens is 119 g/mol. The summed E-state index contributed by atoms with van der Waals surface area (Å²) in [6, 6.07) is 0. The molecule has 0 fully saturated rings. The topological polar surface area (TPSA) is 9.23 Å². The minimum atomic E-state index is -0.502. The van der Waals surface area contributed by atoms with Crippen molar-refractivity contribution < 1.29 is 9.47 Å². The number of hydrogen-bond acceptors (Lipinski definition) is 1. The predicted molar refractivity (Wildman–Crippen MR) is 35.6 cm³/mol. The van der Waals surface area contributed by atoms with Crippen LogP contribution in [0.15, 0.2) is 12.7 Å². The summed E-state index contributed by atoms with van der Waals surface area (Å²) >= 11 is 0. The Morgan fingerprint density at radius 1 is 1.56 bits per heavy atom. The van der Waals surface area contributed by atoms with Crippen LogP contribution in [0.4, 0.5) is 4.53 Å². The molecule has 0 radical (unpaired) electrons. The first kappa shape index (κ1) is 8.63. The maximum Gasteiger partial charge on any atom is 0.121 e. The lowest BCUT2D eigenvalue weighted by Gasteiger charge is -2.22. The zero-order valence-corrected chi connectivity index (χ0v) is 6.15. The van der Waals surface area contributed by atoms with Crippen molar-refractivity contribution in [3.63, 3.8) is 0 Å². The summed E-state index contributed by atoms with van der Waals surface area (Å²) < 4.78 is 11.6. The summed E-state index contributed by atoms with van der Waals surface area (Å²) in [4.78, 5) is 3.65. The van der Waals surface area contributed by atoms with Gasteiger partial charge in [-0.2, -0.15) is 4.94 Å². The quantitative estimate of drug-likeness (QED) is 0.524. The molecule has 0 heterocycles. The van der Waals surface area contributed by atoms with Crippen LogP contribution in [0.5, 0.6) is 0 Å². The third-order valence-corrected chi connectivity index (χ3v) is 1.16. The van der Waals surface area contributed by atoms with Crippen molar-refractivity contribution in [2.24, 2.45) is 5.41 Å². The van der Waals surface area contributed by atoms with Gasteiger partial charge in [-0.3, -0.25) is 0 Å². The van der Waals surface area contributed by atoms with Crippen molar-refractivity contribution in [2.45, 2.75) is 26.9 Å². The molecule has 0 aliphatic heterocycles. The summed E-state index contributed by atoms with van der Waals surface area (Å²) in [5.74, 6) is 0. The van der Waals surface area contributed by atoms with E-state index in [1.165, 1.54) is 6.08 Å². The van der Waals surface area contributed by atoms with E-state index in [1.54, 1.807) is 0 Å². The Bertz CT molecular complexity index is 93.6. The van der Waals surface area contributed by atoms with Gasteiger partial charge in [0.2, 0.25) is 0 Å². The van der Waals surface area contributed by atoms with Crippen molar-refractivity contribution in [3.8, 4) is 0 Å². The normalized spacial score (nSPS) is 15.1. The Morgan fingerprint density at radius 2 is 2.00 bits per heavy atom. The molecule has 1 atom stereocenters. The van der Waals surface area contributed by atoms with Gasteiger partial charge in [-0.15, -0.1) is 6.58 Å². The van der Waals surface area contributed by atoms with Crippen LogP contribution < -0.4 is 0 Å². The summed E-state index contributed by atoms with van der Waals surface area (Å²) in [5, 5.41) is 0. The Balaban J connectivity index is 3.94. The molecule has 54 valence electrons. The van der Waals surface area contributed by atoms with Crippen LogP contribution in [-0.4, -0.2) is 6.10 Å². The molecule has 0 aromatic heterocycles. The average Bonchev–Trinajstić information content (AvgIpc) is 1.65. The minimum Gasteiger partial charge on any atom is -0.186 e. The van der Waals surface area contributed by atoms with Gasteiger partial charge in [0, 0.05) is 0 Å². The second kappa shape index (κ2) is 2.97. The van der Waals surface area contributed by atoms with E-state index >= 15 is 0 Å². The smallest absolute Gasteiger partial charge is 0.121 e. The molecule has 9 heavy (non-hydrogen) atoms. The monoisotopic (exact) mass is 132 g/mol. The minimum absolute atomic E-state index is 0.198. The lowest BCUT2D eigenvalue weighted by atomic mass is 9.89. The summed E-state index contributed by atoms with van der Waals surface area (Å²) in [7, 11) is 0. The third-order valence-electron chi connectivity index (χ3n) is 1.16. The van der Waals surface area contributed by atoms with E-state index < -0.39 is 6.10 Å². The molecule has 0 spiro atoms. The van der Waals surface area contributed by atoms with Crippen molar-refractivity contribution >= 4 is 0 Å². The molecular formula is C7H13FO. The fraction of sp³-hybridized carbons (Fsp3) is 0.714. The fourth-order valence-corrected chi connectivity index (χ4v) is 0.524. The molecule has 0 saturated heterocycles.